The number of piperidine rings is 1. The Labute approximate surface area is 109 Å². The van der Waals surface area contributed by atoms with Gasteiger partial charge in [0.1, 0.15) is 0 Å². The van der Waals surface area contributed by atoms with E-state index in [-0.39, 0.29) is 0 Å². The van der Waals surface area contributed by atoms with Crippen LogP contribution in [0.1, 0.15) is 29.6 Å². The van der Waals surface area contributed by atoms with Gasteiger partial charge in [0.15, 0.2) is 0 Å². The molecule has 92 valence electrons. The van der Waals surface area contributed by atoms with Crippen LogP contribution in [-0.2, 0) is 0 Å². The summed E-state index contributed by atoms with van der Waals surface area (Å²) in [4.78, 5) is 11.1. The monoisotopic (exact) mass is 298 g/mol. The Kier molecular flexibility index (Phi) is 4.02. The van der Waals surface area contributed by atoms with Crippen molar-refractivity contribution in [2.45, 2.75) is 19.3 Å². The summed E-state index contributed by atoms with van der Waals surface area (Å²) < 4.78 is 0.777. The molecule has 1 aromatic rings. The fourth-order valence-electron chi connectivity index (χ4n) is 1.97. The highest BCUT2D eigenvalue weighted by molar-refractivity contribution is 9.10. The van der Waals surface area contributed by atoms with Crippen molar-refractivity contribution < 1.29 is 9.90 Å². The van der Waals surface area contributed by atoms with Crippen LogP contribution >= 0.6 is 15.9 Å². The molecule has 0 saturated carbocycles. The first-order valence-electron chi connectivity index (χ1n) is 5.71. The van der Waals surface area contributed by atoms with Crippen LogP contribution in [-0.4, -0.2) is 29.2 Å². The van der Waals surface area contributed by atoms with Gasteiger partial charge in [0.25, 0.3) is 0 Å². The smallest absolute Gasteiger partial charge is 0.337 e. The average Bonchev–Trinajstić information content (AvgIpc) is 2.32. The van der Waals surface area contributed by atoms with Crippen LogP contribution in [0.4, 0.5) is 5.69 Å². The maximum atomic E-state index is 11.1. The fourth-order valence-corrected chi connectivity index (χ4v) is 2.33. The summed E-state index contributed by atoms with van der Waals surface area (Å²) in [5.74, 6) is -0.911. The van der Waals surface area contributed by atoms with Gasteiger partial charge in [0.2, 0.25) is 0 Å². The predicted molar refractivity (Wildman–Crippen MR) is 70.1 cm³/mol. The van der Waals surface area contributed by atoms with Crippen LogP contribution in [0, 0.1) is 0 Å². The van der Waals surface area contributed by atoms with Crippen molar-refractivity contribution in [2.24, 2.45) is 0 Å². The Morgan fingerprint density at radius 1 is 1.29 bits per heavy atom. The van der Waals surface area contributed by atoms with Crippen molar-refractivity contribution in [3.05, 3.63) is 28.2 Å². The zero-order valence-electron chi connectivity index (χ0n) is 9.45. The van der Waals surface area contributed by atoms with Gasteiger partial charge in [-0.05, 0) is 31.0 Å². The highest BCUT2D eigenvalue weighted by Gasteiger charge is 2.15. The van der Waals surface area contributed by atoms with E-state index < -0.39 is 5.97 Å². The third kappa shape index (κ3) is 3.20. The van der Waals surface area contributed by atoms with Gasteiger partial charge in [-0.1, -0.05) is 22.4 Å². The molecule has 1 aliphatic rings. The summed E-state index contributed by atoms with van der Waals surface area (Å²) in [6.45, 7) is 1.93. The molecular weight excluding hydrogens is 284 g/mol. The average molecular weight is 299 g/mol. The molecule has 0 aromatic heterocycles. The molecule has 2 N–H and O–H groups in total. The Morgan fingerprint density at radius 2 is 2.00 bits per heavy atom. The number of halogens is 1. The van der Waals surface area contributed by atoms with Crippen LogP contribution in [0.3, 0.4) is 0 Å². The molecule has 0 atom stereocenters. The van der Waals surface area contributed by atoms with Crippen LogP contribution < -0.4 is 5.43 Å². The normalized spacial score (nSPS) is 16.8. The quantitative estimate of drug-likeness (QED) is 0.901. The molecule has 1 saturated heterocycles. The number of aromatic carboxylic acids is 1. The van der Waals surface area contributed by atoms with Crippen LogP contribution in [0.15, 0.2) is 22.7 Å². The molecule has 5 heteroatoms. The molecule has 0 amide bonds. The minimum atomic E-state index is -0.911. The molecule has 1 heterocycles. The first-order chi connectivity index (χ1) is 8.16. The second-order valence-corrected chi connectivity index (χ2v) is 5.07. The molecule has 1 aromatic carbocycles. The van der Waals surface area contributed by atoms with E-state index in [0.717, 1.165) is 30.4 Å². The highest BCUT2D eigenvalue weighted by atomic mass is 79.9. The van der Waals surface area contributed by atoms with Gasteiger partial charge in [-0.25, -0.2) is 9.80 Å². The fraction of sp³-hybridized carbons (Fsp3) is 0.417. The van der Waals surface area contributed by atoms with Crippen molar-refractivity contribution in [3.63, 3.8) is 0 Å². The topological polar surface area (TPSA) is 52.6 Å². The van der Waals surface area contributed by atoms with Crippen molar-refractivity contribution >= 4 is 27.6 Å². The van der Waals surface area contributed by atoms with Gasteiger partial charge in [0, 0.05) is 17.6 Å². The molecule has 1 fully saturated rings. The second kappa shape index (κ2) is 5.51. The molecule has 0 unspecified atom stereocenters. The lowest BCUT2D eigenvalue weighted by Gasteiger charge is -2.28. The van der Waals surface area contributed by atoms with Gasteiger partial charge in [-0.15, -0.1) is 0 Å². The Morgan fingerprint density at radius 3 is 2.65 bits per heavy atom. The van der Waals surface area contributed by atoms with E-state index in [2.05, 4.69) is 26.4 Å². The number of carboxylic acids is 1. The van der Waals surface area contributed by atoms with Gasteiger partial charge in [0.05, 0.1) is 11.3 Å². The zero-order valence-corrected chi connectivity index (χ0v) is 11.0. The minimum absolute atomic E-state index is 0.296. The van der Waals surface area contributed by atoms with E-state index in [1.165, 1.54) is 6.42 Å². The number of hydrogen-bond acceptors (Lipinski definition) is 3. The minimum Gasteiger partial charge on any atom is -0.478 e. The molecule has 0 radical (unpaired) electrons. The van der Waals surface area contributed by atoms with E-state index >= 15 is 0 Å². The largest absolute Gasteiger partial charge is 0.478 e. The molecule has 1 aliphatic heterocycles. The van der Waals surface area contributed by atoms with E-state index in [0.29, 0.717) is 11.3 Å². The number of hydrazine groups is 1. The first kappa shape index (κ1) is 12.4. The number of nitrogens with one attached hydrogen (secondary N) is 1. The third-order valence-electron chi connectivity index (χ3n) is 2.85. The lowest BCUT2D eigenvalue weighted by molar-refractivity contribution is 0.0697. The van der Waals surface area contributed by atoms with Crippen molar-refractivity contribution in [2.75, 3.05) is 18.5 Å². The van der Waals surface area contributed by atoms with E-state index in [1.54, 1.807) is 12.1 Å². The molecule has 17 heavy (non-hydrogen) atoms. The summed E-state index contributed by atoms with van der Waals surface area (Å²) in [6, 6.07) is 5.26. The van der Waals surface area contributed by atoms with Crippen molar-refractivity contribution in [3.8, 4) is 0 Å². The lowest BCUT2D eigenvalue weighted by Crippen LogP contribution is -2.35. The van der Waals surface area contributed by atoms with Crippen molar-refractivity contribution in [1.82, 2.24) is 5.01 Å². The zero-order chi connectivity index (χ0) is 12.3. The van der Waals surface area contributed by atoms with Gasteiger partial charge < -0.3 is 10.5 Å². The third-order valence-corrected chi connectivity index (χ3v) is 3.34. The van der Waals surface area contributed by atoms with Gasteiger partial charge >= 0.3 is 5.97 Å². The SMILES string of the molecule is O=C(O)c1cc(Br)ccc1NN1CCCCC1. The first-order valence-corrected chi connectivity index (χ1v) is 6.50. The number of carboxylic acid groups (broad SMARTS) is 1. The van der Waals surface area contributed by atoms with Crippen LogP contribution in [0.2, 0.25) is 0 Å². The van der Waals surface area contributed by atoms with Gasteiger partial charge in [-0.2, -0.15) is 0 Å². The summed E-state index contributed by atoms with van der Waals surface area (Å²) >= 11 is 3.29. The molecule has 0 aliphatic carbocycles. The number of hydrogen-bond donors (Lipinski definition) is 2. The Hall–Kier alpha value is -1.07. The lowest BCUT2D eigenvalue weighted by atomic mass is 10.1. The molecule has 4 nitrogen and oxygen atoms in total. The number of benzene rings is 1. The maximum Gasteiger partial charge on any atom is 0.337 e. The number of anilines is 1. The number of carbonyl (C=O) groups is 1. The summed E-state index contributed by atoms with van der Waals surface area (Å²) in [5, 5.41) is 11.2. The van der Waals surface area contributed by atoms with E-state index in [9.17, 15) is 4.79 Å². The van der Waals surface area contributed by atoms with E-state index in [1.807, 2.05) is 6.07 Å². The molecule has 2 rings (SSSR count). The maximum absolute atomic E-state index is 11.1. The summed E-state index contributed by atoms with van der Waals surface area (Å²) in [7, 11) is 0. The van der Waals surface area contributed by atoms with Crippen LogP contribution in [0.5, 0.6) is 0 Å². The highest BCUT2D eigenvalue weighted by Crippen LogP contribution is 2.22. The molecule has 0 spiro atoms. The van der Waals surface area contributed by atoms with Crippen LogP contribution in [0.25, 0.3) is 0 Å². The van der Waals surface area contributed by atoms with E-state index in [4.69, 9.17) is 5.11 Å². The predicted octanol–water partition coefficient (Wildman–Crippen LogP) is 2.96. The molecule has 0 bridgehead atoms. The summed E-state index contributed by atoms with van der Waals surface area (Å²) in [5.41, 5.74) is 4.14. The number of rotatable bonds is 3. The second-order valence-electron chi connectivity index (χ2n) is 4.15. The Balaban J connectivity index is 2.16. The van der Waals surface area contributed by atoms with Crippen molar-refractivity contribution in [1.29, 1.82) is 0 Å². The number of nitrogens with zero attached hydrogens (tertiary/aromatic N) is 1. The standard InChI is InChI=1S/C12H15BrN2O2/c13-9-4-5-11(10(8-9)12(16)17)14-15-6-2-1-3-7-15/h4-5,8,14H,1-3,6-7H2,(H,16,17). The molecular formula is C12H15BrN2O2. The summed E-state index contributed by atoms with van der Waals surface area (Å²) in [6.07, 6.45) is 3.57. The Bertz CT molecular complexity index is 417. The van der Waals surface area contributed by atoms with Gasteiger partial charge in [-0.3, -0.25) is 0 Å².